The molecule has 0 aliphatic carbocycles. The van der Waals surface area contributed by atoms with Crippen molar-refractivity contribution in [2.75, 3.05) is 17.7 Å². The van der Waals surface area contributed by atoms with Crippen LogP contribution in [0.3, 0.4) is 0 Å². The van der Waals surface area contributed by atoms with Gasteiger partial charge in [-0.25, -0.2) is 0 Å². The average molecular weight is 398 g/mol. The van der Waals surface area contributed by atoms with Crippen LogP contribution in [-0.4, -0.2) is 18.9 Å². The summed E-state index contributed by atoms with van der Waals surface area (Å²) in [4.78, 5) is 23.9. The van der Waals surface area contributed by atoms with E-state index in [1.54, 1.807) is 18.2 Å². The highest BCUT2D eigenvalue weighted by Gasteiger charge is 2.16. The maximum absolute atomic E-state index is 12.0. The molecule has 23 heavy (non-hydrogen) atoms. The highest BCUT2D eigenvalue weighted by molar-refractivity contribution is 9.10. The van der Waals surface area contributed by atoms with Gasteiger partial charge in [-0.3, -0.25) is 9.59 Å². The van der Waals surface area contributed by atoms with Gasteiger partial charge in [-0.05, 0) is 58.7 Å². The molecule has 0 fully saturated rings. The number of nitrogens with one attached hydrogen (secondary N) is 2. The Bertz CT molecular complexity index is 765. The molecule has 2 aromatic carbocycles. The van der Waals surface area contributed by atoms with Gasteiger partial charge in [0.1, 0.15) is 5.75 Å². The minimum absolute atomic E-state index is 0.340. The van der Waals surface area contributed by atoms with Crippen molar-refractivity contribution in [3.8, 4) is 5.75 Å². The predicted octanol–water partition coefficient (Wildman–Crippen LogP) is 4.00. The molecule has 5 nitrogen and oxygen atoms in total. The van der Waals surface area contributed by atoms with Crippen LogP contribution in [0.15, 0.2) is 40.9 Å². The molecule has 7 heteroatoms. The molecule has 2 N–H and O–H groups in total. The zero-order chi connectivity index (χ0) is 17.0. The molecule has 0 heterocycles. The zero-order valence-electron chi connectivity index (χ0n) is 12.4. The van der Waals surface area contributed by atoms with Gasteiger partial charge in [0.25, 0.3) is 0 Å². The number of benzene rings is 2. The van der Waals surface area contributed by atoms with Crippen molar-refractivity contribution < 1.29 is 14.3 Å². The topological polar surface area (TPSA) is 67.4 Å². The number of amides is 2. The normalized spacial score (nSPS) is 10.1. The van der Waals surface area contributed by atoms with Crippen LogP contribution in [0.1, 0.15) is 5.56 Å². The first-order valence-electron chi connectivity index (χ1n) is 6.62. The summed E-state index contributed by atoms with van der Waals surface area (Å²) in [5.41, 5.74) is 1.95. The Morgan fingerprint density at radius 1 is 1.09 bits per heavy atom. The molecule has 120 valence electrons. The van der Waals surface area contributed by atoms with Gasteiger partial charge >= 0.3 is 11.8 Å². The van der Waals surface area contributed by atoms with Crippen molar-refractivity contribution in [2.45, 2.75) is 6.92 Å². The second kappa shape index (κ2) is 7.48. The van der Waals surface area contributed by atoms with Crippen LogP contribution in [0.5, 0.6) is 5.75 Å². The molecule has 0 aliphatic rings. The van der Waals surface area contributed by atoms with Gasteiger partial charge in [-0.1, -0.05) is 17.7 Å². The van der Waals surface area contributed by atoms with Crippen LogP contribution in [-0.2, 0) is 9.59 Å². The Labute approximate surface area is 147 Å². The van der Waals surface area contributed by atoms with E-state index in [0.29, 0.717) is 26.6 Å². The molecule has 0 saturated heterocycles. The largest absolute Gasteiger partial charge is 0.495 e. The molecule has 0 saturated carbocycles. The van der Waals surface area contributed by atoms with Gasteiger partial charge in [0, 0.05) is 10.2 Å². The third-order valence-corrected chi connectivity index (χ3v) is 3.94. The van der Waals surface area contributed by atoms with E-state index in [-0.39, 0.29) is 0 Å². The Hall–Kier alpha value is -2.05. The Kier molecular flexibility index (Phi) is 5.63. The number of aryl methyl sites for hydroxylation is 1. The molecule has 0 aliphatic heterocycles. The van der Waals surface area contributed by atoms with Crippen LogP contribution in [0.25, 0.3) is 0 Å². The number of methoxy groups -OCH3 is 1. The fourth-order valence-corrected chi connectivity index (χ4v) is 2.68. The number of anilines is 2. The second-order valence-electron chi connectivity index (χ2n) is 4.74. The number of halogens is 2. The standard InChI is InChI=1S/C16H14BrClN2O3/c1-9-3-5-13(11(17)7-9)20-16(22)15(21)19-10-4-6-14(23-2)12(18)8-10/h3-8H,1-2H3,(H,19,21)(H,20,22). The number of carbonyl (C=O) groups is 2. The Balaban J connectivity index is 2.05. The van der Waals surface area contributed by atoms with E-state index in [4.69, 9.17) is 16.3 Å². The minimum atomic E-state index is -0.793. The molecule has 0 aromatic heterocycles. The number of hydrogen-bond acceptors (Lipinski definition) is 3. The van der Waals surface area contributed by atoms with Crippen LogP contribution in [0.4, 0.5) is 11.4 Å². The van der Waals surface area contributed by atoms with Crippen molar-refractivity contribution >= 4 is 50.7 Å². The number of ether oxygens (including phenoxy) is 1. The SMILES string of the molecule is COc1ccc(NC(=O)C(=O)Nc2ccc(C)cc2Br)cc1Cl. The van der Waals surface area contributed by atoms with Crippen molar-refractivity contribution in [1.82, 2.24) is 0 Å². The summed E-state index contributed by atoms with van der Waals surface area (Å²) < 4.78 is 5.73. The lowest BCUT2D eigenvalue weighted by Gasteiger charge is -2.10. The lowest BCUT2D eigenvalue weighted by molar-refractivity contribution is -0.133. The molecular weight excluding hydrogens is 384 g/mol. The quantitative estimate of drug-likeness (QED) is 0.769. The van der Waals surface area contributed by atoms with Crippen molar-refractivity contribution in [3.63, 3.8) is 0 Å². The van der Waals surface area contributed by atoms with E-state index in [1.807, 2.05) is 19.1 Å². The number of hydrogen-bond donors (Lipinski definition) is 2. The molecule has 0 unspecified atom stereocenters. The Morgan fingerprint density at radius 3 is 2.39 bits per heavy atom. The first-order valence-corrected chi connectivity index (χ1v) is 7.80. The monoisotopic (exact) mass is 396 g/mol. The first-order chi connectivity index (χ1) is 10.9. The van der Waals surface area contributed by atoms with E-state index in [9.17, 15) is 9.59 Å². The first kappa shape index (κ1) is 17.3. The van der Waals surface area contributed by atoms with E-state index in [0.717, 1.165) is 5.56 Å². The molecule has 2 rings (SSSR count). The number of carbonyl (C=O) groups excluding carboxylic acids is 2. The van der Waals surface area contributed by atoms with Crippen LogP contribution in [0, 0.1) is 6.92 Å². The fourth-order valence-electron chi connectivity index (χ4n) is 1.83. The summed E-state index contributed by atoms with van der Waals surface area (Å²) in [6.07, 6.45) is 0. The third kappa shape index (κ3) is 4.46. The number of rotatable bonds is 3. The summed E-state index contributed by atoms with van der Waals surface area (Å²) in [5.74, 6) is -1.09. The lowest BCUT2D eigenvalue weighted by atomic mass is 10.2. The van der Waals surface area contributed by atoms with Crippen LogP contribution in [0.2, 0.25) is 5.02 Å². The van der Waals surface area contributed by atoms with Gasteiger partial charge in [0.15, 0.2) is 0 Å². The highest BCUT2D eigenvalue weighted by Crippen LogP contribution is 2.27. The summed E-state index contributed by atoms with van der Waals surface area (Å²) in [6, 6.07) is 10.1. The molecule has 0 bridgehead atoms. The zero-order valence-corrected chi connectivity index (χ0v) is 14.8. The van der Waals surface area contributed by atoms with E-state index < -0.39 is 11.8 Å². The summed E-state index contributed by atoms with van der Waals surface area (Å²) in [5, 5.41) is 5.36. The molecule has 2 aromatic rings. The molecular formula is C16H14BrClN2O3. The summed E-state index contributed by atoms with van der Waals surface area (Å²) >= 11 is 9.31. The van der Waals surface area contributed by atoms with Crippen molar-refractivity contribution in [3.05, 3.63) is 51.5 Å². The van der Waals surface area contributed by atoms with Crippen LogP contribution < -0.4 is 15.4 Å². The fraction of sp³-hybridized carbons (Fsp3) is 0.125. The maximum atomic E-state index is 12.0. The van der Waals surface area contributed by atoms with Crippen molar-refractivity contribution in [2.24, 2.45) is 0 Å². The molecule has 2 amide bonds. The van der Waals surface area contributed by atoms with Crippen LogP contribution >= 0.6 is 27.5 Å². The van der Waals surface area contributed by atoms with Gasteiger partial charge in [-0.2, -0.15) is 0 Å². The third-order valence-electron chi connectivity index (χ3n) is 2.99. The lowest BCUT2D eigenvalue weighted by Crippen LogP contribution is -2.29. The molecule has 0 atom stereocenters. The minimum Gasteiger partial charge on any atom is -0.495 e. The van der Waals surface area contributed by atoms with Gasteiger partial charge in [0.2, 0.25) is 0 Å². The van der Waals surface area contributed by atoms with Gasteiger partial charge in [0.05, 0.1) is 17.8 Å². The molecule has 0 spiro atoms. The van der Waals surface area contributed by atoms with E-state index in [2.05, 4.69) is 26.6 Å². The second-order valence-corrected chi connectivity index (χ2v) is 6.00. The average Bonchev–Trinajstić information content (AvgIpc) is 2.50. The summed E-state index contributed by atoms with van der Waals surface area (Å²) in [6.45, 7) is 1.93. The van der Waals surface area contributed by atoms with Crippen molar-refractivity contribution in [1.29, 1.82) is 0 Å². The Morgan fingerprint density at radius 2 is 1.78 bits per heavy atom. The van der Waals surface area contributed by atoms with Gasteiger partial charge in [-0.15, -0.1) is 0 Å². The van der Waals surface area contributed by atoms with E-state index in [1.165, 1.54) is 13.2 Å². The highest BCUT2D eigenvalue weighted by atomic mass is 79.9. The smallest absolute Gasteiger partial charge is 0.314 e. The van der Waals surface area contributed by atoms with Gasteiger partial charge < -0.3 is 15.4 Å². The van der Waals surface area contributed by atoms with E-state index >= 15 is 0 Å². The predicted molar refractivity (Wildman–Crippen MR) is 94.1 cm³/mol. The summed E-state index contributed by atoms with van der Waals surface area (Å²) in [7, 11) is 1.49. The molecule has 0 radical (unpaired) electrons. The maximum Gasteiger partial charge on any atom is 0.314 e.